The van der Waals surface area contributed by atoms with Gasteiger partial charge in [0, 0.05) is 16.6 Å². The number of ether oxygens (including phenoxy) is 1. The molecule has 2 aromatic rings. The monoisotopic (exact) mass is 369 g/mol. The first-order valence-corrected chi connectivity index (χ1v) is 7.36. The number of benzene rings is 2. The molecule has 0 heterocycles. The van der Waals surface area contributed by atoms with E-state index in [-0.39, 0.29) is 10.7 Å². The lowest BCUT2D eigenvalue weighted by atomic mass is 10.1. The molecule has 21 heavy (non-hydrogen) atoms. The third-order valence-corrected chi connectivity index (χ3v) is 4.63. The van der Waals surface area contributed by atoms with Crippen molar-refractivity contribution in [3.63, 3.8) is 0 Å². The zero-order chi connectivity index (χ0) is 15.7. The van der Waals surface area contributed by atoms with Gasteiger partial charge in [0.05, 0.1) is 4.92 Å². The fraction of sp³-hybridized carbons (Fsp3) is 0.200. The summed E-state index contributed by atoms with van der Waals surface area (Å²) in [4.78, 5) is 10.3. The molecule has 0 aliphatic carbocycles. The van der Waals surface area contributed by atoms with E-state index in [4.69, 9.17) is 16.3 Å². The molecule has 2 aromatic carbocycles. The van der Waals surface area contributed by atoms with E-state index in [1.165, 1.54) is 12.1 Å². The van der Waals surface area contributed by atoms with E-state index < -0.39 is 4.92 Å². The zero-order valence-corrected chi connectivity index (χ0v) is 14.1. The fourth-order valence-corrected chi connectivity index (χ4v) is 2.44. The van der Waals surface area contributed by atoms with E-state index >= 15 is 0 Å². The van der Waals surface area contributed by atoms with Crippen molar-refractivity contribution in [2.24, 2.45) is 0 Å². The highest BCUT2D eigenvalue weighted by Gasteiger charge is 2.16. The fourth-order valence-electron chi connectivity index (χ4n) is 1.99. The van der Waals surface area contributed by atoms with E-state index in [9.17, 15) is 10.1 Å². The van der Waals surface area contributed by atoms with Gasteiger partial charge < -0.3 is 4.74 Å². The van der Waals surface area contributed by atoms with Gasteiger partial charge in [-0.2, -0.15) is 0 Å². The Morgan fingerprint density at radius 2 is 1.67 bits per heavy atom. The highest BCUT2D eigenvalue weighted by molar-refractivity contribution is 9.10. The van der Waals surface area contributed by atoms with Crippen LogP contribution in [-0.2, 0) is 0 Å². The van der Waals surface area contributed by atoms with Crippen LogP contribution >= 0.6 is 27.5 Å². The van der Waals surface area contributed by atoms with Crippen LogP contribution in [0.5, 0.6) is 11.5 Å². The van der Waals surface area contributed by atoms with Crippen LogP contribution in [0.4, 0.5) is 5.69 Å². The highest BCUT2D eigenvalue weighted by atomic mass is 79.9. The van der Waals surface area contributed by atoms with Crippen molar-refractivity contribution in [1.29, 1.82) is 0 Å². The normalized spacial score (nSPS) is 10.5. The minimum Gasteiger partial charge on any atom is -0.457 e. The molecule has 0 atom stereocenters. The van der Waals surface area contributed by atoms with Crippen molar-refractivity contribution in [2.75, 3.05) is 0 Å². The molecule has 0 unspecified atom stereocenters. The third kappa shape index (κ3) is 3.36. The van der Waals surface area contributed by atoms with Crippen LogP contribution in [0.1, 0.15) is 16.7 Å². The molecule has 0 saturated carbocycles. The summed E-state index contributed by atoms with van der Waals surface area (Å²) >= 11 is 9.42. The van der Waals surface area contributed by atoms with E-state index in [1.54, 1.807) is 6.92 Å². The Balaban J connectivity index is 2.41. The van der Waals surface area contributed by atoms with Crippen molar-refractivity contribution in [2.45, 2.75) is 20.8 Å². The second-order valence-electron chi connectivity index (χ2n) is 4.80. The molecule has 2 rings (SSSR count). The Hall–Kier alpha value is -1.59. The summed E-state index contributed by atoms with van der Waals surface area (Å²) < 4.78 is 6.85. The Morgan fingerprint density at radius 1 is 1.10 bits per heavy atom. The van der Waals surface area contributed by atoms with Crippen LogP contribution in [0.25, 0.3) is 0 Å². The maximum atomic E-state index is 10.8. The SMILES string of the molecule is Cc1cc([N+](=O)[O-])c(Cl)cc1Oc1cc(C)c(Br)c(C)c1. The van der Waals surface area contributed by atoms with Crippen LogP contribution < -0.4 is 4.74 Å². The van der Waals surface area contributed by atoms with Gasteiger partial charge in [0.15, 0.2) is 0 Å². The molecule has 0 bridgehead atoms. The number of hydrogen-bond acceptors (Lipinski definition) is 3. The van der Waals surface area contributed by atoms with Gasteiger partial charge in [-0.05, 0) is 49.6 Å². The first kappa shape index (κ1) is 15.8. The summed E-state index contributed by atoms with van der Waals surface area (Å²) in [6.45, 7) is 5.69. The number of aryl methyl sites for hydroxylation is 3. The van der Waals surface area contributed by atoms with E-state index in [0.717, 1.165) is 15.6 Å². The van der Waals surface area contributed by atoms with Gasteiger partial charge in [-0.25, -0.2) is 0 Å². The maximum Gasteiger partial charge on any atom is 0.288 e. The summed E-state index contributed by atoms with van der Waals surface area (Å²) in [6, 6.07) is 6.68. The second kappa shape index (κ2) is 6.03. The van der Waals surface area contributed by atoms with Gasteiger partial charge >= 0.3 is 0 Å². The average molecular weight is 371 g/mol. The van der Waals surface area contributed by atoms with Gasteiger partial charge in [0.25, 0.3) is 5.69 Å². The molecule has 0 amide bonds. The molecule has 0 saturated heterocycles. The molecule has 110 valence electrons. The van der Waals surface area contributed by atoms with Gasteiger partial charge in [-0.1, -0.05) is 27.5 Å². The summed E-state index contributed by atoms with van der Waals surface area (Å²) in [5, 5.41) is 10.9. The summed E-state index contributed by atoms with van der Waals surface area (Å²) in [7, 11) is 0. The number of nitro benzene ring substituents is 1. The third-order valence-electron chi connectivity index (χ3n) is 3.08. The number of rotatable bonds is 3. The van der Waals surface area contributed by atoms with Crippen molar-refractivity contribution in [3.05, 3.63) is 60.6 Å². The summed E-state index contributed by atoms with van der Waals surface area (Å²) in [6.07, 6.45) is 0. The van der Waals surface area contributed by atoms with Crippen LogP contribution in [-0.4, -0.2) is 4.92 Å². The number of hydrogen-bond donors (Lipinski definition) is 0. The molecule has 0 radical (unpaired) electrons. The standard InChI is InChI=1S/C15H13BrClNO3/c1-8-6-13(18(19)20)12(17)7-14(8)21-11-4-9(2)15(16)10(3)5-11/h4-7H,1-3H3. The maximum absolute atomic E-state index is 10.8. The lowest BCUT2D eigenvalue weighted by Crippen LogP contribution is -1.94. The van der Waals surface area contributed by atoms with Gasteiger partial charge in [0.1, 0.15) is 16.5 Å². The van der Waals surface area contributed by atoms with Crippen molar-refractivity contribution in [3.8, 4) is 11.5 Å². The lowest BCUT2D eigenvalue weighted by Gasteiger charge is -2.12. The number of nitro groups is 1. The minimum absolute atomic E-state index is 0.0613. The quantitative estimate of drug-likeness (QED) is 0.512. The van der Waals surface area contributed by atoms with Crippen molar-refractivity contribution in [1.82, 2.24) is 0 Å². The minimum atomic E-state index is -0.507. The molecule has 0 aromatic heterocycles. The highest BCUT2D eigenvalue weighted by Crippen LogP contribution is 2.35. The lowest BCUT2D eigenvalue weighted by molar-refractivity contribution is -0.384. The molecule has 0 aliphatic heterocycles. The first-order valence-electron chi connectivity index (χ1n) is 6.18. The molecule has 0 spiro atoms. The Bertz CT molecular complexity index is 708. The Labute approximate surface area is 136 Å². The molecular formula is C15H13BrClNO3. The van der Waals surface area contributed by atoms with Crippen molar-refractivity contribution < 1.29 is 9.66 Å². The number of halogens is 2. The van der Waals surface area contributed by atoms with Crippen LogP contribution in [0.2, 0.25) is 5.02 Å². The summed E-state index contributed by atoms with van der Waals surface area (Å²) in [5.41, 5.74) is 2.64. The molecule has 0 aliphatic rings. The molecule has 0 fully saturated rings. The first-order chi connectivity index (χ1) is 9.79. The van der Waals surface area contributed by atoms with Gasteiger partial charge in [-0.3, -0.25) is 10.1 Å². The van der Waals surface area contributed by atoms with Crippen LogP contribution in [0, 0.1) is 30.9 Å². The Morgan fingerprint density at radius 3 is 2.19 bits per heavy atom. The van der Waals surface area contributed by atoms with E-state index in [0.29, 0.717) is 17.1 Å². The smallest absolute Gasteiger partial charge is 0.288 e. The van der Waals surface area contributed by atoms with Crippen molar-refractivity contribution >= 4 is 33.2 Å². The van der Waals surface area contributed by atoms with E-state index in [2.05, 4.69) is 15.9 Å². The molecular weight excluding hydrogens is 358 g/mol. The number of nitrogens with zero attached hydrogens (tertiary/aromatic N) is 1. The van der Waals surface area contributed by atoms with Gasteiger partial charge in [-0.15, -0.1) is 0 Å². The summed E-state index contributed by atoms with van der Waals surface area (Å²) in [5.74, 6) is 1.17. The van der Waals surface area contributed by atoms with Crippen LogP contribution in [0.3, 0.4) is 0 Å². The molecule has 4 nitrogen and oxygen atoms in total. The largest absolute Gasteiger partial charge is 0.457 e. The topological polar surface area (TPSA) is 52.4 Å². The Kier molecular flexibility index (Phi) is 4.54. The van der Waals surface area contributed by atoms with Gasteiger partial charge in [0.2, 0.25) is 0 Å². The van der Waals surface area contributed by atoms with E-state index in [1.807, 2.05) is 26.0 Å². The predicted octanol–water partition coefficient (Wildman–Crippen LogP) is 5.73. The zero-order valence-electron chi connectivity index (χ0n) is 11.7. The van der Waals surface area contributed by atoms with Crippen LogP contribution in [0.15, 0.2) is 28.7 Å². The average Bonchev–Trinajstić information content (AvgIpc) is 2.39. The molecule has 0 N–H and O–H groups in total. The molecule has 6 heteroatoms. The second-order valence-corrected chi connectivity index (χ2v) is 6.00. The predicted molar refractivity (Wildman–Crippen MR) is 86.5 cm³/mol.